The number of hydrogen-bond donors (Lipinski definition) is 2. The highest BCUT2D eigenvalue weighted by atomic mass is 16.5. The molecule has 2 aliphatic heterocycles. The number of aromatic hydroxyl groups is 1. The van der Waals surface area contributed by atoms with Crippen LogP contribution in [0.1, 0.15) is 42.4 Å². The predicted molar refractivity (Wildman–Crippen MR) is 172 cm³/mol. The van der Waals surface area contributed by atoms with Crippen LogP contribution in [-0.4, -0.2) is 59.4 Å². The second-order valence-corrected chi connectivity index (χ2v) is 12.8. The van der Waals surface area contributed by atoms with Crippen LogP contribution in [-0.2, 0) is 24.6 Å². The summed E-state index contributed by atoms with van der Waals surface area (Å²) in [7, 11) is 2.95. The first-order valence-corrected chi connectivity index (χ1v) is 15.9. The molecule has 3 fully saturated rings. The van der Waals surface area contributed by atoms with Crippen molar-refractivity contribution in [1.82, 2.24) is 9.91 Å². The summed E-state index contributed by atoms with van der Waals surface area (Å²) in [5.74, 6) is -4.35. The summed E-state index contributed by atoms with van der Waals surface area (Å²) in [6.07, 6.45) is 2.50. The highest BCUT2D eigenvalue weighted by Gasteiger charge is 2.71. The minimum atomic E-state index is -1.49. The van der Waals surface area contributed by atoms with Crippen molar-refractivity contribution in [1.29, 1.82) is 0 Å². The number of rotatable bonds is 7. The fourth-order valence-electron chi connectivity index (χ4n) is 8.65. The molecule has 1 saturated carbocycles. The minimum absolute atomic E-state index is 0.0931. The van der Waals surface area contributed by atoms with E-state index in [1.807, 2.05) is 67.6 Å². The van der Waals surface area contributed by atoms with E-state index >= 15 is 4.79 Å². The lowest BCUT2D eigenvalue weighted by Gasteiger charge is -2.51. The van der Waals surface area contributed by atoms with Gasteiger partial charge in [-0.3, -0.25) is 29.5 Å². The van der Waals surface area contributed by atoms with Gasteiger partial charge in [-0.25, -0.2) is 0 Å². The minimum Gasteiger partial charge on any atom is -0.508 e. The highest BCUT2D eigenvalue weighted by Crippen LogP contribution is 2.66. The smallest absolute Gasteiger partial charge is 0.260 e. The van der Waals surface area contributed by atoms with E-state index in [9.17, 15) is 19.5 Å². The Morgan fingerprint density at radius 3 is 2.17 bits per heavy atom. The molecule has 0 spiro atoms. The molecule has 3 aromatic carbocycles. The Kier molecular flexibility index (Phi) is 7.33. The molecule has 0 aromatic heterocycles. The molecule has 4 aliphatic rings. The van der Waals surface area contributed by atoms with Gasteiger partial charge in [0.15, 0.2) is 0 Å². The SMILES string of the molecule is CCN1C(=O)C2CC=C3C(CC4C(=O)N(Nc5ccc(C)cc5)C(=O)C4(c4ccccc4)C3c3c(OC)cc(O)cc3OC)C2C1=O. The number of phenols is 1. The van der Waals surface area contributed by atoms with Gasteiger partial charge in [0.05, 0.1) is 43.1 Å². The number of nitrogens with one attached hydrogen (secondary N) is 1. The van der Waals surface area contributed by atoms with E-state index in [1.54, 1.807) is 6.92 Å². The fraction of sp³-hybridized carbons (Fsp3) is 0.351. The normalized spacial score (nSPS) is 28.1. The van der Waals surface area contributed by atoms with Crippen LogP contribution in [0.4, 0.5) is 5.69 Å². The second kappa shape index (κ2) is 11.3. The lowest BCUT2D eigenvalue weighted by atomic mass is 9.49. The number of fused-ring (bicyclic) bond motifs is 4. The van der Waals surface area contributed by atoms with Crippen LogP contribution in [0.25, 0.3) is 0 Å². The number of likely N-dealkylation sites (tertiary alicyclic amines) is 1. The number of hydrogen-bond acceptors (Lipinski definition) is 8. The van der Waals surface area contributed by atoms with Gasteiger partial charge in [0, 0.05) is 30.2 Å². The number of carbonyl (C=O) groups is 4. The van der Waals surface area contributed by atoms with Gasteiger partial charge in [-0.15, -0.1) is 0 Å². The third kappa shape index (κ3) is 4.30. The molecule has 4 amide bonds. The number of phenolic OH excluding ortho intramolecular Hbond substituents is 1. The lowest BCUT2D eigenvalue weighted by Crippen LogP contribution is -2.53. The van der Waals surface area contributed by atoms with Crippen LogP contribution in [0.15, 0.2) is 78.4 Å². The molecule has 2 heterocycles. The van der Waals surface area contributed by atoms with Crippen molar-refractivity contribution in [3.63, 3.8) is 0 Å². The first kappa shape index (κ1) is 30.5. The molecule has 2 saturated heterocycles. The maximum atomic E-state index is 15.3. The van der Waals surface area contributed by atoms with Gasteiger partial charge in [0.2, 0.25) is 11.8 Å². The fourth-order valence-corrected chi connectivity index (χ4v) is 8.65. The van der Waals surface area contributed by atoms with Crippen molar-refractivity contribution in [2.45, 2.75) is 38.0 Å². The van der Waals surface area contributed by atoms with Gasteiger partial charge in [0.25, 0.3) is 11.8 Å². The molecular formula is C37H37N3O7. The quantitative estimate of drug-likeness (QED) is 0.282. The van der Waals surface area contributed by atoms with Crippen molar-refractivity contribution in [2.24, 2.45) is 23.7 Å². The number of imide groups is 2. The largest absolute Gasteiger partial charge is 0.508 e. The summed E-state index contributed by atoms with van der Waals surface area (Å²) >= 11 is 0. The van der Waals surface area contributed by atoms with E-state index in [2.05, 4.69) is 5.43 Å². The Morgan fingerprint density at radius 1 is 0.894 bits per heavy atom. The zero-order valence-corrected chi connectivity index (χ0v) is 26.7. The van der Waals surface area contributed by atoms with Gasteiger partial charge in [-0.1, -0.05) is 59.7 Å². The van der Waals surface area contributed by atoms with Crippen molar-refractivity contribution >= 4 is 29.3 Å². The standard InChI is InChI=1S/C37H37N3O7/c1-5-39-33(42)25-16-15-24-26(30(25)35(39)44)19-27-34(43)40(38-22-13-11-20(2)12-14-22)36(45)37(27,21-9-7-6-8-10-21)32(24)31-28(46-3)17-23(41)18-29(31)47-4/h6-15,17-18,25-27,30,32,38,41H,5,16,19H2,1-4H3. The Bertz CT molecular complexity index is 1800. The molecule has 7 rings (SSSR count). The van der Waals surface area contributed by atoms with Gasteiger partial charge >= 0.3 is 0 Å². The molecule has 47 heavy (non-hydrogen) atoms. The van der Waals surface area contributed by atoms with Crippen LogP contribution in [0, 0.1) is 30.6 Å². The molecule has 6 unspecified atom stereocenters. The van der Waals surface area contributed by atoms with E-state index in [-0.39, 0.29) is 42.0 Å². The number of carbonyl (C=O) groups excluding carboxylic acids is 4. The Balaban J connectivity index is 1.51. The summed E-state index contributed by atoms with van der Waals surface area (Å²) in [6.45, 7) is 4.00. The van der Waals surface area contributed by atoms with E-state index in [0.29, 0.717) is 23.2 Å². The number of hydrazine groups is 1. The molecular weight excluding hydrogens is 598 g/mol. The van der Waals surface area contributed by atoms with Crippen LogP contribution in [0.3, 0.4) is 0 Å². The first-order valence-electron chi connectivity index (χ1n) is 15.9. The van der Waals surface area contributed by atoms with Crippen molar-refractivity contribution in [3.05, 3.63) is 95.1 Å². The number of allylic oxidation sites excluding steroid dienone is 2. The second-order valence-electron chi connectivity index (χ2n) is 12.8. The topological polar surface area (TPSA) is 125 Å². The average Bonchev–Trinajstić information content (AvgIpc) is 3.46. The Labute approximate surface area is 272 Å². The van der Waals surface area contributed by atoms with Crippen molar-refractivity contribution in [3.8, 4) is 17.2 Å². The van der Waals surface area contributed by atoms with E-state index in [1.165, 1.54) is 31.3 Å². The number of benzene rings is 3. The van der Waals surface area contributed by atoms with E-state index < -0.39 is 46.8 Å². The number of methoxy groups -OCH3 is 2. The average molecular weight is 636 g/mol. The molecule has 242 valence electrons. The van der Waals surface area contributed by atoms with Crippen LogP contribution >= 0.6 is 0 Å². The monoisotopic (exact) mass is 635 g/mol. The van der Waals surface area contributed by atoms with Crippen molar-refractivity contribution < 1.29 is 33.8 Å². The first-order chi connectivity index (χ1) is 22.7. The summed E-state index contributed by atoms with van der Waals surface area (Å²) < 4.78 is 11.7. The summed E-state index contributed by atoms with van der Waals surface area (Å²) in [6, 6.07) is 19.6. The van der Waals surface area contributed by atoms with Crippen LogP contribution in [0.5, 0.6) is 17.2 Å². The third-order valence-electron chi connectivity index (χ3n) is 10.6. The van der Waals surface area contributed by atoms with Gasteiger partial charge in [-0.2, -0.15) is 5.01 Å². The van der Waals surface area contributed by atoms with Gasteiger partial charge in [0.1, 0.15) is 17.2 Å². The summed E-state index contributed by atoms with van der Waals surface area (Å²) in [5.41, 5.74) is 5.11. The number of aryl methyl sites for hydroxylation is 1. The third-order valence-corrected chi connectivity index (χ3v) is 10.6. The number of anilines is 1. The summed E-state index contributed by atoms with van der Waals surface area (Å²) in [5, 5.41) is 11.8. The number of nitrogens with zero attached hydrogens (tertiary/aromatic N) is 2. The van der Waals surface area contributed by atoms with Gasteiger partial charge in [-0.05, 0) is 50.3 Å². The molecule has 0 radical (unpaired) electrons. The molecule has 10 nitrogen and oxygen atoms in total. The molecule has 10 heteroatoms. The zero-order valence-electron chi connectivity index (χ0n) is 26.7. The molecule has 2 aliphatic carbocycles. The Morgan fingerprint density at radius 2 is 1.55 bits per heavy atom. The molecule has 3 aromatic rings. The number of amides is 4. The van der Waals surface area contributed by atoms with E-state index in [0.717, 1.165) is 16.1 Å². The maximum absolute atomic E-state index is 15.3. The molecule has 2 N–H and O–H groups in total. The predicted octanol–water partition coefficient (Wildman–Crippen LogP) is 4.72. The maximum Gasteiger partial charge on any atom is 0.260 e. The van der Waals surface area contributed by atoms with Gasteiger partial charge < -0.3 is 14.6 Å². The van der Waals surface area contributed by atoms with Crippen molar-refractivity contribution in [2.75, 3.05) is 26.2 Å². The number of ether oxygens (including phenoxy) is 2. The Hall–Kier alpha value is -5.12. The lowest BCUT2D eigenvalue weighted by molar-refractivity contribution is -0.141. The summed E-state index contributed by atoms with van der Waals surface area (Å²) in [4.78, 5) is 58.6. The highest BCUT2D eigenvalue weighted by molar-refractivity contribution is 6.13. The van der Waals surface area contributed by atoms with Crippen LogP contribution in [0.2, 0.25) is 0 Å². The zero-order chi connectivity index (χ0) is 33.2. The molecule has 6 atom stereocenters. The van der Waals surface area contributed by atoms with Crippen LogP contribution < -0.4 is 14.9 Å². The van der Waals surface area contributed by atoms with E-state index in [4.69, 9.17) is 9.47 Å². The molecule has 0 bridgehead atoms.